The first-order valence-electron chi connectivity index (χ1n) is 9.19. The zero-order valence-corrected chi connectivity index (χ0v) is 13.9. The second-order valence-electron chi connectivity index (χ2n) is 8.20. The van der Waals surface area contributed by atoms with Gasteiger partial charge in [0.2, 0.25) is 0 Å². The maximum absolute atomic E-state index is 6.43. The van der Waals surface area contributed by atoms with Gasteiger partial charge in [-0.3, -0.25) is 0 Å². The fraction of sp³-hybridized carbons (Fsp3) is 0.455. The quantitative estimate of drug-likeness (QED) is 0.649. The molecule has 0 amide bonds. The van der Waals surface area contributed by atoms with Gasteiger partial charge < -0.3 is 5.73 Å². The third-order valence-electron chi connectivity index (χ3n) is 6.94. The van der Waals surface area contributed by atoms with Crippen molar-refractivity contribution in [1.82, 2.24) is 0 Å². The van der Waals surface area contributed by atoms with Crippen molar-refractivity contribution in [2.45, 2.75) is 44.4 Å². The fourth-order valence-corrected chi connectivity index (χ4v) is 6.21. The van der Waals surface area contributed by atoms with Crippen molar-refractivity contribution in [3.63, 3.8) is 0 Å². The molecule has 4 atom stereocenters. The van der Waals surface area contributed by atoms with E-state index < -0.39 is 0 Å². The molecule has 1 nitrogen and oxygen atoms in total. The largest absolute Gasteiger partial charge is 0.398 e. The first kappa shape index (κ1) is 13.7. The highest BCUT2D eigenvalue weighted by molar-refractivity contribution is 5.89. The van der Waals surface area contributed by atoms with Crippen LogP contribution in [0.4, 0.5) is 5.69 Å². The normalized spacial score (nSPS) is 34.2. The average Bonchev–Trinajstić information content (AvgIpc) is 2.84. The van der Waals surface area contributed by atoms with Crippen molar-refractivity contribution in [2.24, 2.45) is 17.8 Å². The van der Waals surface area contributed by atoms with E-state index >= 15 is 0 Å². The van der Waals surface area contributed by atoms with Gasteiger partial charge in [0.15, 0.2) is 0 Å². The molecule has 118 valence electrons. The molecule has 3 aliphatic rings. The van der Waals surface area contributed by atoms with Crippen molar-refractivity contribution in [3.8, 4) is 11.1 Å². The van der Waals surface area contributed by atoms with Crippen LogP contribution in [0, 0.1) is 17.8 Å². The molecule has 2 aromatic rings. The molecule has 2 aromatic carbocycles. The van der Waals surface area contributed by atoms with Crippen LogP contribution in [0.15, 0.2) is 42.5 Å². The summed E-state index contributed by atoms with van der Waals surface area (Å²) < 4.78 is 0. The molecule has 2 N–H and O–H groups in total. The van der Waals surface area contributed by atoms with E-state index in [0.717, 1.165) is 23.4 Å². The summed E-state index contributed by atoms with van der Waals surface area (Å²) in [6.07, 6.45) is 6.91. The Kier molecular flexibility index (Phi) is 2.75. The molecule has 1 heteroatoms. The first-order valence-corrected chi connectivity index (χ1v) is 9.19. The van der Waals surface area contributed by atoms with Gasteiger partial charge in [-0.2, -0.15) is 0 Å². The SMILES string of the molecule is CC1CC2CCC3(c4ccccc4-c4c(N)cccc43)C(C1)C2. The lowest BCUT2D eigenvalue weighted by Crippen LogP contribution is -2.44. The fourth-order valence-electron chi connectivity index (χ4n) is 6.21. The number of benzene rings is 2. The summed E-state index contributed by atoms with van der Waals surface area (Å²) in [6.45, 7) is 2.46. The van der Waals surface area contributed by atoms with Gasteiger partial charge in [0, 0.05) is 16.7 Å². The lowest BCUT2D eigenvalue weighted by atomic mass is 9.53. The Hall–Kier alpha value is -1.76. The number of hydrogen-bond donors (Lipinski definition) is 1. The zero-order valence-electron chi connectivity index (χ0n) is 13.9. The van der Waals surface area contributed by atoms with Crippen LogP contribution in [-0.4, -0.2) is 0 Å². The molecule has 5 rings (SSSR count). The first-order chi connectivity index (χ1) is 11.2. The number of fused-ring (bicyclic) bond motifs is 8. The molecule has 0 saturated heterocycles. The summed E-state index contributed by atoms with van der Waals surface area (Å²) >= 11 is 0. The van der Waals surface area contributed by atoms with Crippen molar-refractivity contribution in [2.75, 3.05) is 5.73 Å². The Morgan fingerprint density at radius 2 is 1.78 bits per heavy atom. The van der Waals surface area contributed by atoms with E-state index in [1.807, 2.05) is 0 Å². The smallest absolute Gasteiger partial charge is 0.0396 e. The average molecular weight is 303 g/mol. The highest BCUT2D eigenvalue weighted by atomic mass is 14.6. The van der Waals surface area contributed by atoms with Gasteiger partial charge >= 0.3 is 0 Å². The number of anilines is 1. The standard InChI is InChI=1S/C22H25N/c1-14-11-15-9-10-22(16(12-14)13-15)18-6-3-2-5-17(18)21-19(22)7-4-8-20(21)23/h2-8,14-16H,9-13,23H2,1H3. The topological polar surface area (TPSA) is 26.0 Å². The second kappa shape index (κ2) is 4.63. The van der Waals surface area contributed by atoms with Crippen LogP contribution >= 0.6 is 0 Å². The van der Waals surface area contributed by atoms with E-state index in [9.17, 15) is 0 Å². The van der Waals surface area contributed by atoms with E-state index in [1.54, 1.807) is 5.56 Å². The molecule has 23 heavy (non-hydrogen) atoms. The van der Waals surface area contributed by atoms with Crippen molar-refractivity contribution >= 4 is 5.69 Å². The molecule has 2 saturated carbocycles. The van der Waals surface area contributed by atoms with Gasteiger partial charge in [-0.25, -0.2) is 0 Å². The highest BCUT2D eigenvalue weighted by Gasteiger charge is 2.53. The van der Waals surface area contributed by atoms with Crippen molar-refractivity contribution < 1.29 is 0 Å². The lowest BCUT2D eigenvalue weighted by Gasteiger charge is -2.50. The summed E-state index contributed by atoms with van der Waals surface area (Å²) in [5.74, 6) is 2.61. The molecule has 2 fully saturated rings. The molecular formula is C22H25N. The molecule has 1 spiro atoms. The zero-order chi connectivity index (χ0) is 15.6. The van der Waals surface area contributed by atoms with E-state index in [-0.39, 0.29) is 5.41 Å². The van der Waals surface area contributed by atoms with Crippen molar-refractivity contribution in [3.05, 3.63) is 53.6 Å². The Morgan fingerprint density at radius 1 is 0.957 bits per heavy atom. The van der Waals surface area contributed by atoms with Gasteiger partial charge in [-0.05, 0) is 72.6 Å². The van der Waals surface area contributed by atoms with Crippen LogP contribution in [0.3, 0.4) is 0 Å². The van der Waals surface area contributed by atoms with E-state index in [4.69, 9.17) is 5.73 Å². The van der Waals surface area contributed by atoms with E-state index in [0.29, 0.717) is 0 Å². The molecular weight excluding hydrogens is 278 g/mol. The predicted molar refractivity (Wildman–Crippen MR) is 96.3 cm³/mol. The highest BCUT2D eigenvalue weighted by Crippen LogP contribution is 2.63. The molecule has 0 heterocycles. The third-order valence-corrected chi connectivity index (χ3v) is 6.94. The minimum absolute atomic E-state index is 0.229. The van der Waals surface area contributed by atoms with E-state index in [2.05, 4.69) is 49.4 Å². The summed E-state index contributed by atoms with van der Waals surface area (Å²) in [4.78, 5) is 0. The Balaban J connectivity index is 1.79. The second-order valence-corrected chi connectivity index (χ2v) is 8.20. The summed E-state index contributed by atoms with van der Waals surface area (Å²) in [6, 6.07) is 15.7. The Morgan fingerprint density at radius 3 is 2.70 bits per heavy atom. The summed E-state index contributed by atoms with van der Waals surface area (Å²) in [7, 11) is 0. The number of nitrogen functional groups attached to an aromatic ring is 1. The van der Waals surface area contributed by atoms with Gasteiger partial charge in [0.1, 0.15) is 0 Å². The van der Waals surface area contributed by atoms with Gasteiger partial charge in [-0.15, -0.1) is 0 Å². The molecule has 3 aliphatic carbocycles. The lowest BCUT2D eigenvalue weighted by molar-refractivity contribution is 0.0856. The van der Waals surface area contributed by atoms with Crippen LogP contribution in [0.25, 0.3) is 11.1 Å². The number of hydrogen-bond acceptors (Lipinski definition) is 1. The van der Waals surface area contributed by atoms with Gasteiger partial charge in [-0.1, -0.05) is 43.3 Å². The maximum Gasteiger partial charge on any atom is 0.0396 e. The van der Waals surface area contributed by atoms with Crippen LogP contribution in [0.2, 0.25) is 0 Å². The maximum atomic E-state index is 6.43. The van der Waals surface area contributed by atoms with Crippen LogP contribution < -0.4 is 5.73 Å². The predicted octanol–water partition coefficient (Wildman–Crippen LogP) is 5.38. The number of nitrogens with two attached hydrogens (primary N) is 1. The summed E-state index contributed by atoms with van der Waals surface area (Å²) in [5, 5.41) is 0. The third kappa shape index (κ3) is 1.68. The van der Waals surface area contributed by atoms with E-state index in [1.165, 1.54) is 48.8 Å². The molecule has 2 bridgehead atoms. The molecule has 0 aliphatic heterocycles. The summed E-state index contributed by atoms with van der Waals surface area (Å²) in [5.41, 5.74) is 13.4. The monoisotopic (exact) mass is 303 g/mol. The molecule has 4 unspecified atom stereocenters. The van der Waals surface area contributed by atoms with Gasteiger partial charge in [0.25, 0.3) is 0 Å². The molecule has 0 radical (unpaired) electrons. The molecule has 0 aromatic heterocycles. The number of rotatable bonds is 0. The van der Waals surface area contributed by atoms with Crippen LogP contribution in [-0.2, 0) is 5.41 Å². The Labute approximate surface area is 138 Å². The Bertz CT molecular complexity index is 775. The van der Waals surface area contributed by atoms with Crippen LogP contribution in [0.1, 0.15) is 50.2 Å². The van der Waals surface area contributed by atoms with Crippen molar-refractivity contribution in [1.29, 1.82) is 0 Å². The van der Waals surface area contributed by atoms with Crippen LogP contribution in [0.5, 0.6) is 0 Å². The minimum Gasteiger partial charge on any atom is -0.398 e. The van der Waals surface area contributed by atoms with Gasteiger partial charge in [0.05, 0.1) is 0 Å². The minimum atomic E-state index is 0.229.